The summed E-state index contributed by atoms with van der Waals surface area (Å²) in [5.41, 5.74) is 0.224. The lowest BCUT2D eigenvalue weighted by molar-refractivity contribution is -0.159. The Labute approximate surface area is 596 Å². The van der Waals surface area contributed by atoms with Crippen molar-refractivity contribution in [1.82, 2.24) is 52.2 Å². The van der Waals surface area contributed by atoms with Crippen molar-refractivity contribution in [3.8, 4) is 11.3 Å². The fourth-order valence-corrected chi connectivity index (χ4v) is 9.02. The zero-order valence-corrected chi connectivity index (χ0v) is 60.5. The number of carboxylic acids is 2. The van der Waals surface area contributed by atoms with Crippen LogP contribution >= 0.6 is 0 Å². The number of alkyl carbamates (subject to hydrolysis) is 2. The highest BCUT2D eigenvalue weighted by Crippen LogP contribution is 2.21. The second-order valence-corrected chi connectivity index (χ2v) is 26.4. The highest BCUT2D eigenvalue weighted by molar-refractivity contribution is 5.91. The zero-order valence-electron chi connectivity index (χ0n) is 60.5. The molecule has 0 aliphatic heterocycles. The number of unbranched alkanes of at least 4 members (excludes halogenated alkanes) is 3. The van der Waals surface area contributed by atoms with Gasteiger partial charge in [-0.25, -0.2) is 38.2 Å². The van der Waals surface area contributed by atoms with Crippen LogP contribution < -0.4 is 42.5 Å². The molecule has 0 aliphatic rings. The van der Waals surface area contributed by atoms with E-state index in [0.29, 0.717) is 121 Å². The number of amides is 8. The van der Waals surface area contributed by atoms with Gasteiger partial charge in [0.2, 0.25) is 11.8 Å². The lowest BCUT2D eigenvalue weighted by atomic mass is 10.1. The molecule has 3 rings (SSSR count). The Hall–Kier alpha value is -8.76. The first-order valence-corrected chi connectivity index (χ1v) is 34.5. The molecule has 3 aromatic rings. The molecule has 0 saturated carbocycles. The molecule has 0 unspecified atom stereocenters. The highest BCUT2D eigenvalue weighted by atomic mass is 16.6. The molecule has 0 spiro atoms. The predicted molar refractivity (Wildman–Crippen MR) is 372 cm³/mol. The fourth-order valence-electron chi connectivity index (χ4n) is 9.02. The number of nitrogens with zero attached hydrogens (tertiary/aromatic N) is 3. The number of nitrogens with one attached hydrogen (secondary N) is 8. The van der Waals surface area contributed by atoms with E-state index >= 15 is 0 Å². The van der Waals surface area contributed by atoms with Crippen molar-refractivity contribution in [2.24, 2.45) is 0 Å². The van der Waals surface area contributed by atoms with Crippen LogP contribution in [0.4, 0.5) is 24.9 Å². The molecule has 1 heterocycles. The lowest BCUT2D eigenvalue weighted by Crippen LogP contribution is -2.52. The average molecular weight is 1440 g/mol. The molecule has 0 saturated heterocycles. The quantitative estimate of drug-likeness (QED) is 0.0172. The molecule has 0 aliphatic carbocycles. The number of carbonyl (C=O) groups excluding carboxylic acids is 8. The summed E-state index contributed by atoms with van der Waals surface area (Å²) < 4.78 is 57.0. The van der Waals surface area contributed by atoms with Gasteiger partial charge in [0.25, 0.3) is 0 Å². The third kappa shape index (κ3) is 43.8. The maximum atomic E-state index is 13.9. The first kappa shape index (κ1) is 87.5. The smallest absolute Gasteiger partial charge is 0.407 e. The summed E-state index contributed by atoms with van der Waals surface area (Å²) in [6.45, 7) is 20.3. The van der Waals surface area contributed by atoms with Crippen LogP contribution in [0.1, 0.15) is 145 Å². The number of carboxylic acid groups (broad SMARTS) is 2. The number of benzene rings is 2. The summed E-state index contributed by atoms with van der Waals surface area (Å²) >= 11 is 0. The first-order valence-electron chi connectivity index (χ1n) is 34.5. The number of hydrogen-bond acceptors (Lipinski definition) is 22. The number of ether oxygens (including phenoxy) is 10. The van der Waals surface area contributed by atoms with Crippen LogP contribution in [-0.4, -0.2) is 225 Å². The van der Waals surface area contributed by atoms with Crippen LogP contribution in [0, 0.1) is 0 Å². The van der Waals surface area contributed by atoms with Crippen LogP contribution in [0.2, 0.25) is 0 Å². The van der Waals surface area contributed by atoms with E-state index in [1.54, 1.807) is 91.4 Å². The van der Waals surface area contributed by atoms with E-state index in [1.165, 1.54) is 0 Å². The summed E-state index contributed by atoms with van der Waals surface area (Å²) in [6.07, 6.45) is 2.77. The van der Waals surface area contributed by atoms with Gasteiger partial charge in [-0.1, -0.05) is 47.7 Å². The molecule has 0 bridgehead atoms. The van der Waals surface area contributed by atoms with Gasteiger partial charge >= 0.3 is 48.1 Å². The minimum absolute atomic E-state index is 0.0508. The molecule has 4 atom stereocenters. The predicted octanol–water partition coefficient (Wildman–Crippen LogP) is 6.16. The van der Waals surface area contributed by atoms with Crippen molar-refractivity contribution in [2.75, 3.05) is 104 Å². The summed E-state index contributed by atoms with van der Waals surface area (Å²) in [7, 11) is 0. The number of rotatable bonds is 51. The van der Waals surface area contributed by atoms with Crippen LogP contribution in [0.25, 0.3) is 11.3 Å². The van der Waals surface area contributed by atoms with Gasteiger partial charge in [0, 0.05) is 43.7 Å². The number of anilines is 1. The van der Waals surface area contributed by atoms with Gasteiger partial charge in [0.15, 0.2) is 0 Å². The minimum Gasteiger partial charge on any atom is -0.481 e. The molecule has 0 radical (unpaired) electrons. The number of urea groups is 2. The Kier molecular flexibility index (Phi) is 42.0. The van der Waals surface area contributed by atoms with E-state index in [-0.39, 0.29) is 78.2 Å². The van der Waals surface area contributed by atoms with Crippen LogP contribution in [-0.2, 0) is 89.3 Å². The molecule has 1 aromatic heterocycles. The Bertz CT molecular complexity index is 2990. The van der Waals surface area contributed by atoms with E-state index in [2.05, 4.69) is 52.8 Å². The topological polar surface area (TPSA) is 430 Å². The maximum absolute atomic E-state index is 13.9. The monoisotopic (exact) mass is 1440 g/mol. The van der Waals surface area contributed by atoms with Crippen molar-refractivity contribution < 1.29 is 106 Å². The molecule has 33 heteroatoms. The lowest BCUT2D eigenvalue weighted by Gasteiger charge is -2.26. The molecular weight excluding hydrogens is 1330 g/mol. The number of hydrogen-bond donors (Lipinski definition) is 10. The Morgan fingerprint density at radius 3 is 1.50 bits per heavy atom. The third-order valence-corrected chi connectivity index (χ3v) is 13.9. The Morgan fingerprint density at radius 1 is 0.480 bits per heavy atom. The fraction of sp³-hybridized carbons (Fsp3) is 0.652. The number of esters is 2. The molecule has 10 N–H and O–H groups in total. The van der Waals surface area contributed by atoms with Gasteiger partial charge in [0.1, 0.15) is 53.3 Å². The summed E-state index contributed by atoms with van der Waals surface area (Å²) in [5.74, 6) is -5.07. The average Bonchev–Trinajstić information content (AvgIpc) is 1.64. The standard InChI is InChI=1S/C69H109N11O22/c1-67(2,3)100-61(87)54(25-15-18-31-71-65(91)99-48-49-20-11-10-12-21-49)75-59(84)52(24-13-17-32-72-66(92)102-69(7,8)9)74-57(81)29-34-93-36-38-95-40-42-97-44-45-98-43-41-96-39-37-94-35-33-80-47-56(78-79-80)50-22-19-23-51(46-50)73-63(89)70-30-16-14-26-55(62(88)101-68(4,5)6)77-64(90)76-53(60(85)86)27-28-58(82)83/h10-12,19-23,46-47,52-55H,13-18,24-45,48H2,1-9H3,(H,71,91)(H,72,92)(H,74,81)(H,75,84)(H,82,83)(H,85,86)(H2,70,73,89)(H2,76,77,90)/t52-,53-,54-,55-/m0/s1. The molecule has 0 fully saturated rings. The van der Waals surface area contributed by atoms with Crippen LogP contribution in [0.15, 0.2) is 60.8 Å². The maximum Gasteiger partial charge on any atom is 0.407 e. The van der Waals surface area contributed by atoms with E-state index in [0.717, 1.165) is 5.56 Å². The van der Waals surface area contributed by atoms with Crippen molar-refractivity contribution in [1.29, 1.82) is 0 Å². The highest BCUT2D eigenvalue weighted by Gasteiger charge is 2.31. The summed E-state index contributed by atoms with van der Waals surface area (Å²) in [6, 6.07) is 10.1. The van der Waals surface area contributed by atoms with Crippen molar-refractivity contribution in [3.05, 3.63) is 66.4 Å². The number of aliphatic carboxylic acids is 2. The van der Waals surface area contributed by atoms with Crippen molar-refractivity contribution >= 4 is 65.6 Å². The molecule has 572 valence electrons. The normalized spacial score (nSPS) is 12.7. The summed E-state index contributed by atoms with van der Waals surface area (Å²) in [4.78, 5) is 126. The van der Waals surface area contributed by atoms with Gasteiger partial charge < -0.3 is 100 Å². The van der Waals surface area contributed by atoms with Gasteiger partial charge in [0.05, 0.1) is 92.0 Å². The van der Waals surface area contributed by atoms with Crippen molar-refractivity contribution in [2.45, 2.75) is 193 Å². The molecule has 33 nitrogen and oxygen atoms in total. The largest absolute Gasteiger partial charge is 0.481 e. The van der Waals surface area contributed by atoms with Gasteiger partial charge in [-0.15, -0.1) is 5.10 Å². The summed E-state index contributed by atoms with van der Waals surface area (Å²) in [5, 5.41) is 47.9. The van der Waals surface area contributed by atoms with E-state index in [9.17, 15) is 53.1 Å². The third-order valence-electron chi connectivity index (χ3n) is 13.9. The first-order chi connectivity index (χ1) is 48.4. The van der Waals surface area contributed by atoms with E-state index in [1.807, 2.05) is 36.4 Å². The van der Waals surface area contributed by atoms with Crippen LogP contribution in [0.5, 0.6) is 0 Å². The van der Waals surface area contributed by atoms with Gasteiger partial charge in [-0.3, -0.25) is 14.4 Å². The second-order valence-electron chi connectivity index (χ2n) is 26.4. The van der Waals surface area contributed by atoms with E-state index < -0.39 is 107 Å². The molecule has 2 aromatic carbocycles. The number of aromatic nitrogens is 3. The Balaban J connectivity index is 1.26. The SMILES string of the molecule is CC(C)(C)OC(=O)NCCCC[C@H](NC(=O)CCOCCOCCOCCOCCOCCOCCn1cc(-c2cccc(NC(=O)NCCCC[C@H](NC(=O)N[C@@H](CCC(=O)O)C(=O)O)C(=O)OC(C)(C)C)c2)nn1)C(=O)N[C@@H](CCCCNC(=O)OCc1ccccc1)C(=O)OC(C)(C)C. The minimum atomic E-state index is -1.49. The second kappa shape index (κ2) is 49.0. The van der Waals surface area contributed by atoms with E-state index in [4.69, 9.17) is 52.5 Å². The molecule has 8 amide bonds. The van der Waals surface area contributed by atoms with Gasteiger partial charge in [-0.05, 0) is 144 Å². The molecular formula is C69H109N11O22. The number of carbonyl (C=O) groups is 10. The van der Waals surface area contributed by atoms with Crippen molar-refractivity contribution in [3.63, 3.8) is 0 Å². The van der Waals surface area contributed by atoms with Gasteiger partial charge in [-0.2, -0.15) is 0 Å². The van der Waals surface area contributed by atoms with Crippen LogP contribution in [0.3, 0.4) is 0 Å². The Morgan fingerprint density at radius 2 is 0.971 bits per heavy atom. The zero-order chi connectivity index (χ0) is 75.2. The molecule has 102 heavy (non-hydrogen) atoms.